The molecule has 0 spiro atoms. The van der Waals surface area contributed by atoms with E-state index in [9.17, 15) is 0 Å². The molecule has 1 aliphatic rings. The van der Waals surface area contributed by atoms with Gasteiger partial charge in [0.25, 0.3) is 0 Å². The molecule has 1 heterocycles. The van der Waals surface area contributed by atoms with Crippen molar-refractivity contribution in [2.75, 3.05) is 32.2 Å². The first-order valence-corrected chi connectivity index (χ1v) is 7.01. The summed E-state index contributed by atoms with van der Waals surface area (Å²) in [7, 11) is 0. The minimum atomic E-state index is 0.325. The second-order valence-electron chi connectivity index (χ2n) is 3.97. The van der Waals surface area contributed by atoms with Crippen LogP contribution in [0.15, 0.2) is 35.2 Å². The minimum Gasteiger partial charge on any atom is -0.355 e. The topological polar surface area (TPSA) is 30.5 Å². The molecule has 0 bridgehead atoms. The third-order valence-electron chi connectivity index (χ3n) is 2.63. The van der Waals surface area contributed by atoms with E-state index < -0.39 is 0 Å². The maximum absolute atomic E-state index is 5.45. The Hall–Kier alpha value is -0.550. The molecule has 94 valence electrons. The van der Waals surface area contributed by atoms with E-state index in [4.69, 9.17) is 9.47 Å². The number of hydrogen-bond donors (Lipinski definition) is 1. The summed E-state index contributed by atoms with van der Waals surface area (Å²) in [5.74, 6) is 1.09. The Labute approximate surface area is 107 Å². The monoisotopic (exact) mass is 253 g/mol. The van der Waals surface area contributed by atoms with E-state index in [2.05, 4.69) is 29.6 Å². The average molecular weight is 253 g/mol. The van der Waals surface area contributed by atoms with Crippen LogP contribution in [0.2, 0.25) is 0 Å². The second-order valence-corrected chi connectivity index (χ2v) is 5.14. The molecule has 0 radical (unpaired) electrons. The van der Waals surface area contributed by atoms with Gasteiger partial charge in [0.2, 0.25) is 0 Å². The van der Waals surface area contributed by atoms with Crippen LogP contribution >= 0.6 is 11.8 Å². The van der Waals surface area contributed by atoms with E-state index in [-0.39, 0.29) is 0 Å². The van der Waals surface area contributed by atoms with Crippen LogP contribution in [-0.2, 0) is 9.47 Å². The summed E-state index contributed by atoms with van der Waals surface area (Å²) in [5.41, 5.74) is 0. The first kappa shape index (κ1) is 12.9. The fraction of sp³-hybridized carbons (Fsp3) is 0.538. The summed E-state index contributed by atoms with van der Waals surface area (Å²) in [6.45, 7) is 3.22. The van der Waals surface area contributed by atoms with E-state index in [0.717, 1.165) is 31.9 Å². The number of thioether (sulfide) groups is 1. The molecule has 3 nitrogen and oxygen atoms in total. The zero-order valence-electron chi connectivity index (χ0n) is 9.93. The van der Waals surface area contributed by atoms with Gasteiger partial charge in [-0.3, -0.25) is 0 Å². The van der Waals surface area contributed by atoms with Gasteiger partial charge in [0, 0.05) is 23.7 Å². The molecule has 1 aromatic rings. The quantitative estimate of drug-likeness (QED) is 0.621. The Morgan fingerprint density at radius 3 is 2.94 bits per heavy atom. The van der Waals surface area contributed by atoms with Crippen molar-refractivity contribution in [3.8, 4) is 0 Å². The SMILES string of the molecule is c1ccc(SCCNCC2CCOCO2)cc1. The van der Waals surface area contributed by atoms with Crippen LogP contribution in [0, 0.1) is 0 Å². The van der Waals surface area contributed by atoms with Crippen LogP contribution in [0.3, 0.4) is 0 Å². The van der Waals surface area contributed by atoms with Crippen LogP contribution in [0.1, 0.15) is 6.42 Å². The van der Waals surface area contributed by atoms with Crippen molar-refractivity contribution >= 4 is 11.8 Å². The van der Waals surface area contributed by atoms with Gasteiger partial charge in [-0.1, -0.05) is 18.2 Å². The van der Waals surface area contributed by atoms with Gasteiger partial charge >= 0.3 is 0 Å². The third kappa shape index (κ3) is 5.08. The fourth-order valence-corrected chi connectivity index (χ4v) is 2.51. The Kier molecular flexibility index (Phi) is 5.85. The predicted octanol–water partition coefficient (Wildman–Crippen LogP) is 2.13. The Morgan fingerprint density at radius 1 is 1.29 bits per heavy atom. The molecule has 1 aliphatic heterocycles. The number of nitrogens with one attached hydrogen (secondary N) is 1. The van der Waals surface area contributed by atoms with E-state index in [0.29, 0.717) is 12.9 Å². The highest BCUT2D eigenvalue weighted by Gasteiger charge is 2.12. The maximum Gasteiger partial charge on any atom is 0.147 e. The van der Waals surface area contributed by atoms with Crippen molar-refractivity contribution < 1.29 is 9.47 Å². The summed E-state index contributed by atoms with van der Waals surface area (Å²) in [4.78, 5) is 1.33. The number of rotatable bonds is 6. The van der Waals surface area contributed by atoms with Crippen molar-refractivity contribution in [2.24, 2.45) is 0 Å². The highest BCUT2D eigenvalue weighted by atomic mass is 32.2. The largest absolute Gasteiger partial charge is 0.355 e. The summed E-state index contributed by atoms with van der Waals surface area (Å²) in [5, 5.41) is 3.42. The van der Waals surface area contributed by atoms with Crippen molar-refractivity contribution in [2.45, 2.75) is 17.4 Å². The molecular formula is C13H19NO2S. The van der Waals surface area contributed by atoms with Crippen LogP contribution in [0.25, 0.3) is 0 Å². The first-order chi connectivity index (χ1) is 8.45. The molecule has 0 aromatic heterocycles. The molecule has 0 aliphatic carbocycles. The van der Waals surface area contributed by atoms with Crippen LogP contribution < -0.4 is 5.32 Å². The van der Waals surface area contributed by atoms with Crippen LogP contribution in [0.5, 0.6) is 0 Å². The molecule has 1 atom stereocenters. The zero-order chi connectivity index (χ0) is 11.8. The fourth-order valence-electron chi connectivity index (χ4n) is 1.68. The molecule has 0 saturated carbocycles. The lowest BCUT2D eigenvalue weighted by Crippen LogP contribution is -2.34. The lowest BCUT2D eigenvalue weighted by atomic mass is 10.2. The standard InChI is InChI=1S/C13H19NO2S/c1-2-4-13(5-3-1)17-9-7-14-10-12-6-8-15-11-16-12/h1-5,12,14H,6-11H2. The predicted molar refractivity (Wildman–Crippen MR) is 70.3 cm³/mol. The lowest BCUT2D eigenvalue weighted by Gasteiger charge is -2.22. The molecule has 1 aromatic carbocycles. The molecular weight excluding hydrogens is 234 g/mol. The van der Waals surface area contributed by atoms with Crippen LogP contribution in [-0.4, -0.2) is 38.3 Å². The van der Waals surface area contributed by atoms with Crippen molar-refractivity contribution in [3.05, 3.63) is 30.3 Å². The molecule has 1 fully saturated rings. The van der Waals surface area contributed by atoms with Gasteiger partial charge in [-0.05, 0) is 18.6 Å². The summed E-state index contributed by atoms with van der Waals surface area (Å²) in [6, 6.07) is 10.5. The molecule has 4 heteroatoms. The van der Waals surface area contributed by atoms with Gasteiger partial charge in [0.05, 0.1) is 12.7 Å². The number of benzene rings is 1. The van der Waals surface area contributed by atoms with Gasteiger partial charge < -0.3 is 14.8 Å². The summed E-state index contributed by atoms with van der Waals surface area (Å²) < 4.78 is 10.6. The van der Waals surface area contributed by atoms with E-state index >= 15 is 0 Å². The van der Waals surface area contributed by atoms with Crippen LogP contribution in [0.4, 0.5) is 0 Å². The molecule has 1 N–H and O–H groups in total. The smallest absolute Gasteiger partial charge is 0.147 e. The highest BCUT2D eigenvalue weighted by molar-refractivity contribution is 7.99. The van der Waals surface area contributed by atoms with E-state index in [1.165, 1.54) is 4.90 Å². The zero-order valence-corrected chi connectivity index (χ0v) is 10.7. The highest BCUT2D eigenvalue weighted by Crippen LogP contribution is 2.15. The number of hydrogen-bond acceptors (Lipinski definition) is 4. The molecule has 0 amide bonds. The van der Waals surface area contributed by atoms with E-state index in [1.807, 2.05) is 17.8 Å². The van der Waals surface area contributed by atoms with Gasteiger partial charge in [0.1, 0.15) is 6.79 Å². The lowest BCUT2D eigenvalue weighted by molar-refractivity contribution is -0.137. The third-order valence-corrected chi connectivity index (χ3v) is 3.65. The average Bonchev–Trinajstić information content (AvgIpc) is 2.41. The van der Waals surface area contributed by atoms with Gasteiger partial charge in [0.15, 0.2) is 0 Å². The van der Waals surface area contributed by atoms with Gasteiger partial charge in [-0.15, -0.1) is 11.8 Å². The maximum atomic E-state index is 5.45. The molecule has 1 saturated heterocycles. The van der Waals surface area contributed by atoms with Crippen molar-refractivity contribution in [1.82, 2.24) is 5.32 Å². The Morgan fingerprint density at radius 2 is 2.18 bits per heavy atom. The minimum absolute atomic E-state index is 0.325. The van der Waals surface area contributed by atoms with Gasteiger partial charge in [-0.2, -0.15) is 0 Å². The van der Waals surface area contributed by atoms with Crippen molar-refractivity contribution in [1.29, 1.82) is 0 Å². The molecule has 1 unspecified atom stereocenters. The summed E-state index contributed by atoms with van der Waals surface area (Å²) >= 11 is 1.88. The normalized spacial score (nSPS) is 20.4. The Balaban J connectivity index is 1.51. The van der Waals surface area contributed by atoms with Crippen molar-refractivity contribution in [3.63, 3.8) is 0 Å². The Bertz CT molecular complexity index is 302. The van der Waals surface area contributed by atoms with Gasteiger partial charge in [-0.25, -0.2) is 0 Å². The van der Waals surface area contributed by atoms with E-state index in [1.54, 1.807) is 0 Å². The molecule has 2 rings (SSSR count). The molecule has 17 heavy (non-hydrogen) atoms. The summed E-state index contributed by atoms with van der Waals surface area (Å²) in [6.07, 6.45) is 1.32. The first-order valence-electron chi connectivity index (χ1n) is 6.03. The number of ether oxygens (including phenoxy) is 2. The second kappa shape index (κ2) is 7.71.